The Kier molecular flexibility index (Phi) is 5.45. The molecule has 128 valence electrons. The van der Waals surface area contributed by atoms with E-state index in [1.54, 1.807) is 29.2 Å². The summed E-state index contributed by atoms with van der Waals surface area (Å²) in [7, 11) is 1.85. The first-order chi connectivity index (χ1) is 12.1. The van der Waals surface area contributed by atoms with Crippen molar-refractivity contribution >= 4 is 17.7 Å². The van der Waals surface area contributed by atoms with Gasteiger partial charge in [-0.3, -0.25) is 14.5 Å². The van der Waals surface area contributed by atoms with Crippen LogP contribution in [0.5, 0.6) is 0 Å². The van der Waals surface area contributed by atoms with Crippen LogP contribution in [0, 0.1) is 5.82 Å². The zero-order valence-electron chi connectivity index (χ0n) is 13.6. The summed E-state index contributed by atoms with van der Waals surface area (Å²) < 4.78 is 14.6. The van der Waals surface area contributed by atoms with Crippen LogP contribution in [0.25, 0.3) is 11.3 Å². The lowest BCUT2D eigenvalue weighted by Gasteiger charge is -2.09. The van der Waals surface area contributed by atoms with Crippen LogP contribution in [0.3, 0.4) is 0 Å². The predicted molar refractivity (Wildman–Crippen MR) is 95.4 cm³/mol. The van der Waals surface area contributed by atoms with E-state index in [0.29, 0.717) is 6.54 Å². The zero-order chi connectivity index (χ0) is 17.6. The van der Waals surface area contributed by atoms with Crippen molar-refractivity contribution in [2.45, 2.75) is 11.4 Å². The molecule has 0 radical (unpaired) electrons. The molecule has 1 amide bonds. The lowest BCUT2D eigenvalue weighted by atomic mass is 10.1. The highest BCUT2D eigenvalue weighted by Gasteiger charge is 2.10. The van der Waals surface area contributed by atoms with Gasteiger partial charge in [-0.1, -0.05) is 6.07 Å². The third-order valence-electron chi connectivity index (χ3n) is 3.53. The van der Waals surface area contributed by atoms with E-state index in [4.69, 9.17) is 0 Å². The van der Waals surface area contributed by atoms with Crippen molar-refractivity contribution < 1.29 is 9.18 Å². The maximum atomic E-state index is 12.9. The largest absolute Gasteiger partial charge is 0.351 e. The highest BCUT2D eigenvalue weighted by Crippen LogP contribution is 2.21. The summed E-state index contributed by atoms with van der Waals surface area (Å²) in [4.78, 5) is 17.3. The van der Waals surface area contributed by atoms with E-state index < -0.39 is 0 Å². The Morgan fingerprint density at radius 2 is 2.08 bits per heavy atom. The Hall–Kier alpha value is -2.67. The molecule has 25 heavy (non-hydrogen) atoms. The van der Waals surface area contributed by atoms with Gasteiger partial charge in [0.05, 0.1) is 17.6 Å². The van der Waals surface area contributed by atoms with Crippen molar-refractivity contribution in [1.29, 1.82) is 0 Å². The fourth-order valence-corrected chi connectivity index (χ4v) is 3.04. The minimum absolute atomic E-state index is 0.0877. The van der Waals surface area contributed by atoms with Gasteiger partial charge in [-0.25, -0.2) is 4.39 Å². The first-order valence-corrected chi connectivity index (χ1v) is 8.68. The normalized spacial score (nSPS) is 10.6. The molecule has 0 aliphatic heterocycles. The number of nitrogens with one attached hydrogen (secondary N) is 1. The van der Waals surface area contributed by atoms with Gasteiger partial charge in [-0.05, 0) is 35.9 Å². The maximum Gasteiger partial charge on any atom is 0.230 e. The number of amides is 1. The maximum absolute atomic E-state index is 12.9. The molecule has 0 bridgehead atoms. The van der Waals surface area contributed by atoms with E-state index in [9.17, 15) is 9.18 Å². The summed E-state index contributed by atoms with van der Waals surface area (Å²) in [5.41, 5.74) is 2.64. The molecule has 1 aromatic carbocycles. The van der Waals surface area contributed by atoms with E-state index in [1.165, 1.54) is 23.9 Å². The minimum Gasteiger partial charge on any atom is -0.351 e. The van der Waals surface area contributed by atoms with Crippen molar-refractivity contribution in [3.05, 3.63) is 66.4 Å². The highest BCUT2D eigenvalue weighted by molar-refractivity contribution is 8.00. The Morgan fingerprint density at radius 1 is 1.28 bits per heavy atom. The number of hydrogen-bond donors (Lipinski definition) is 1. The number of nitrogens with zero attached hydrogens (tertiary/aromatic N) is 3. The van der Waals surface area contributed by atoms with Crippen LogP contribution in [0.1, 0.15) is 5.56 Å². The van der Waals surface area contributed by atoms with Crippen LogP contribution in [0.4, 0.5) is 4.39 Å². The van der Waals surface area contributed by atoms with E-state index in [-0.39, 0.29) is 17.5 Å². The molecule has 0 aliphatic carbocycles. The third kappa shape index (κ3) is 4.67. The average molecular weight is 356 g/mol. The van der Waals surface area contributed by atoms with Gasteiger partial charge < -0.3 is 5.32 Å². The van der Waals surface area contributed by atoms with Crippen LogP contribution in [-0.2, 0) is 18.4 Å². The highest BCUT2D eigenvalue weighted by atomic mass is 32.2. The molecule has 5 nitrogen and oxygen atoms in total. The van der Waals surface area contributed by atoms with Crippen molar-refractivity contribution in [2.24, 2.45) is 7.05 Å². The Morgan fingerprint density at radius 3 is 2.80 bits per heavy atom. The molecule has 2 heterocycles. The molecule has 0 aliphatic rings. The van der Waals surface area contributed by atoms with Gasteiger partial charge in [-0.2, -0.15) is 5.10 Å². The van der Waals surface area contributed by atoms with Crippen LogP contribution in [0.2, 0.25) is 0 Å². The summed E-state index contributed by atoms with van der Waals surface area (Å²) in [6.45, 7) is 0.390. The molecular weight excluding hydrogens is 339 g/mol. The molecule has 0 saturated heterocycles. The Labute approximate surface area is 149 Å². The minimum atomic E-state index is -0.284. The van der Waals surface area contributed by atoms with Crippen LogP contribution >= 0.6 is 11.8 Å². The second kappa shape index (κ2) is 7.94. The van der Waals surface area contributed by atoms with E-state index in [0.717, 1.165) is 21.7 Å². The number of rotatable bonds is 6. The Bertz CT molecular complexity index is 864. The number of aryl methyl sites for hydroxylation is 1. The number of aromatic nitrogens is 3. The van der Waals surface area contributed by atoms with E-state index in [1.807, 2.05) is 25.4 Å². The summed E-state index contributed by atoms with van der Waals surface area (Å²) in [6.07, 6.45) is 5.36. The van der Waals surface area contributed by atoms with Crippen LogP contribution < -0.4 is 5.32 Å². The SMILES string of the molecule is Cn1cc(-c2ncccc2CNC(=O)CSc2ccc(F)cc2)cn1. The summed E-state index contributed by atoms with van der Waals surface area (Å²) in [5.74, 6) is -0.0997. The van der Waals surface area contributed by atoms with E-state index >= 15 is 0 Å². The van der Waals surface area contributed by atoms with E-state index in [2.05, 4.69) is 15.4 Å². The van der Waals surface area contributed by atoms with Gasteiger partial charge in [0.15, 0.2) is 0 Å². The quantitative estimate of drug-likeness (QED) is 0.690. The molecule has 0 spiro atoms. The molecule has 3 aromatic rings. The second-order valence-electron chi connectivity index (χ2n) is 5.43. The molecule has 0 saturated carbocycles. The number of thioether (sulfide) groups is 1. The van der Waals surface area contributed by atoms with Crippen molar-refractivity contribution in [1.82, 2.24) is 20.1 Å². The zero-order valence-corrected chi connectivity index (χ0v) is 14.5. The first-order valence-electron chi connectivity index (χ1n) is 7.70. The first kappa shape index (κ1) is 17.2. The summed E-state index contributed by atoms with van der Waals surface area (Å²) >= 11 is 1.37. The monoisotopic (exact) mass is 356 g/mol. The number of carbonyl (C=O) groups is 1. The Balaban J connectivity index is 1.58. The van der Waals surface area contributed by atoms with Crippen molar-refractivity contribution in [2.75, 3.05) is 5.75 Å². The van der Waals surface area contributed by atoms with Gasteiger partial charge in [-0.15, -0.1) is 11.8 Å². The predicted octanol–water partition coefficient (Wildman–Crippen LogP) is 3.03. The standard InChI is InChI=1S/C18H17FN4OS/c1-23-11-14(10-22-23)18-13(3-2-8-20-18)9-21-17(24)12-25-16-6-4-15(19)5-7-16/h2-8,10-11H,9,12H2,1H3,(H,21,24). The average Bonchev–Trinajstić information content (AvgIpc) is 3.06. The summed E-state index contributed by atoms with van der Waals surface area (Å²) in [5, 5.41) is 7.05. The molecular formula is C18H17FN4OS. The number of halogens is 1. The lowest BCUT2D eigenvalue weighted by Crippen LogP contribution is -2.24. The fraction of sp³-hybridized carbons (Fsp3) is 0.167. The van der Waals surface area contributed by atoms with Crippen molar-refractivity contribution in [3.63, 3.8) is 0 Å². The third-order valence-corrected chi connectivity index (χ3v) is 4.54. The second-order valence-corrected chi connectivity index (χ2v) is 6.48. The molecule has 2 aromatic heterocycles. The number of carbonyl (C=O) groups excluding carboxylic acids is 1. The molecule has 0 atom stereocenters. The topological polar surface area (TPSA) is 59.8 Å². The molecule has 0 unspecified atom stereocenters. The van der Waals surface area contributed by atoms with Crippen molar-refractivity contribution in [3.8, 4) is 11.3 Å². The molecule has 3 rings (SSSR count). The number of pyridine rings is 1. The smallest absolute Gasteiger partial charge is 0.230 e. The summed E-state index contributed by atoms with van der Waals surface area (Å²) in [6, 6.07) is 9.87. The van der Waals surface area contributed by atoms with Gasteiger partial charge in [0, 0.05) is 36.4 Å². The van der Waals surface area contributed by atoms with Gasteiger partial charge >= 0.3 is 0 Å². The van der Waals surface area contributed by atoms with Crippen LogP contribution in [0.15, 0.2) is 59.9 Å². The van der Waals surface area contributed by atoms with Gasteiger partial charge in [0.25, 0.3) is 0 Å². The van der Waals surface area contributed by atoms with Gasteiger partial charge in [0.1, 0.15) is 5.82 Å². The number of benzene rings is 1. The molecule has 0 fully saturated rings. The fourth-order valence-electron chi connectivity index (χ4n) is 2.31. The van der Waals surface area contributed by atoms with Gasteiger partial charge in [0.2, 0.25) is 5.91 Å². The van der Waals surface area contributed by atoms with Crippen LogP contribution in [-0.4, -0.2) is 26.4 Å². The molecule has 7 heteroatoms. The molecule has 1 N–H and O–H groups in total. The number of hydrogen-bond acceptors (Lipinski definition) is 4. The lowest BCUT2D eigenvalue weighted by molar-refractivity contribution is -0.118.